The first kappa shape index (κ1) is 14.9. The molecule has 1 atom stereocenters. The highest BCUT2D eigenvalue weighted by molar-refractivity contribution is 9.09. The Balaban J connectivity index is 2.17. The smallest absolute Gasteiger partial charge is 0.207 e. The van der Waals surface area contributed by atoms with Gasteiger partial charge in [-0.15, -0.1) is 0 Å². The van der Waals surface area contributed by atoms with E-state index in [1.165, 1.54) is 22.5 Å². The molecule has 1 unspecified atom stereocenters. The first-order valence-corrected chi connectivity index (χ1v) is 8.67. The van der Waals surface area contributed by atoms with Crippen molar-refractivity contribution in [1.82, 2.24) is 4.31 Å². The van der Waals surface area contributed by atoms with Gasteiger partial charge in [0.25, 0.3) is 0 Å². The van der Waals surface area contributed by atoms with Crippen LogP contribution >= 0.6 is 15.9 Å². The fourth-order valence-corrected chi connectivity index (χ4v) is 4.43. The van der Waals surface area contributed by atoms with Gasteiger partial charge in [0.2, 0.25) is 10.0 Å². The SMILES string of the molecule is CC(Br)C1CCN(S(=O)(=O)c2ccccc2F)CC1. The van der Waals surface area contributed by atoms with Crippen LogP contribution < -0.4 is 0 Å². The third-order valence-corrected chi connectivity index (χ3v) is 6.28. The molecular weight excluding hydrogens is 333 g/mol. The van der Waals surface area contributed by atoms with Crippen molar-refractivity contribution in [2.75, 3.05) is 13.1 Å². The van der Waals surface area contributed by atoms with E-state index in [0.29, 0.717) is 23.8 Å². The Hall–Kier alpha value is -0.460. The Kier molecular flexibility index (Phi) is 4.63. The average molecular weight is 350 g/mol. The van der Waals surface area contributed by atoms with Crippen molar-refractivity contribution in [2.24, 2.45) is 5.92 Å². The van der Waals surface area contributed by atoms with Crippen LogP contribution in [0.5, 0.6) is 0 Å². The molecule has 1 aromatic carbocycles. The fraction of sp³-hybridized carbons (Fsp3) is 0.538. The maximum atomic E-state index is 13.6. The van der Waals surface area contributed by atoms with E-state index in [2.05, 4.69) is 22.9 Å². The number of sulfonamides is 1. The van der Waals surface area contributed by atoms with Crippen molar-refractivity contribution in [3.8, 4) is 0 Å². The predicted molar refractivity (Wildman–Crippen MR) is 76.3 cm³/mol. The van der Waals surface area contributed by atoms with Crippen molar-refractivity contribution in [2.45, 2.75) is 29.5 Å². The van der Waals surface area contributed by atoms with Gasteiger partial charge in [0.1, 0.15) is 10.7 Å². The molecule has 1 saturated heterocycles. The van der Waals surface area contributed by atoms with Crippen LogP contribution in [0.15, 0.2) is 29.2 Å². The largest absolute Gasteiger partial charge is 0.245 e. The molecule has 0 aliphatic carbocycles. The molecule has 106 valence electrons. The molecule has 1 heterocycles. The second-order valence-corrected chi connectivity index (χ2v) is 8.20. The summed E-state index contributed by atoms with van der Waals surface area (Å²) in [6.07, 6.45) is 1.61. The zero-order valence-corrected chi connectivity index (χ0v) is 13.1. The van der Waals surface area contributed by atoms with Gasteiger partial charge in [0, 0.05) is 17.9 Å². The summed E-state index contributed by atoms with van der Waals surface area (Å²) in [5, 5.41) is 0. The van der Waals surface area contributed by atoms with E-state index in [0.717, 1.165) is 12.8 Å². The lowest BCUT2D eigenvalue weighted by atomic mass is 9.96. The molecule has 2 rings (SSSR count). The number of hydrogen-bond acceptors (Lipinski definition) is 2. The van der Waals surface area contributed by atoms with Gasteiger partial charge in [-0.25, -0.2) is 12.8 Å². The topological polar surface area (TPSA) is 37.4 Å². The van der Waals surface area contributed by atoms with Gasteiger partial charge < -0.3 is 0 Å². The lowest BCUT2D eigenvalue weighted by Gasteiger charge is -2.32. The monoisotopic (exact) mass is 349 g/mol. The summed E-state index contributed by atoms with van der Waals surface area (Å²) in [6.45, 7) is 2.99. The average Bonchev–Trinajstić information content (AvgIpc) is 2.39. The van der Waals surface area contributed by atoms with Gasteiger partial charge in [0.05, 0.1) is 0 Å². The van der Waals surface area contributed by atoms with Crippen molar-refractivity contribution >= 4 is 26.0 Å². The molecule has 1 aliphatic rings. The zero-order chi connectivity index (χ0) is 14.0. The molecule has 0 N–H and O–H groups in total. The van der Waals surface area contributed by atoms with Crippen LogP contribution in [0.3, 0.4) is 0 Å². The van der Waals surface area contributed by atoms with Crippen LogP contribution in [0.2, 0.25) is 0 Å². The Morgan fingerprint density at radius 3 is 2.42 bits per heavy atom. The quantitative estimate of drug-likeness (QED) is 0.786. The number of nitrogens with zero attached hydrogens (tertiary/aromatic N) is 1. The molecule has 0 amide bonds. The van der Waals surface area contributed by atoms with Crippen LogP contribution in [0, 0.1) is 11.7 Å². The number of benzene rings is 1. The molecule has 0 radical (unpaired) electrons. The minimum atomic E-state index is -3.70. The molecule has 1 aromatic rings. The number of halogens is 2. The van der Waals surface area contributed by atoms with E-state index in [-0.39, 0.29) is 4.90 Å². The van der Waals surface area contributed by atoms with Crippen molar-refractivity contribution in [1.29, 1.82) is 0 Å². The lowest BCUT2D eigenvalue weighted by Crippen LogP contribution is -2.40. The second-order valence-electron chi connectivity index (χ2n) is 4.85. The standard InChI is InChI=1S/C13H17BrFNO2S/c1-10(14)11-6-8-16(9-7-11)19(17,18)13-5-3-2-4-12(13)15/h2-5,10-11H,6-9H2,1H3. The van der Waals surface area contributed by atoms with Gasteiger partial charge >= 0.3 is 0 Å². The Morgan fingerprint density at radius 1 is 1.32 bits per heavy atom. The third-order valence-electron chi connectivity index (χ3n) is 3.60. The maximum Gasteiger partial charge on any atom is 0.245 e. The minimum absolute atomic E-state index is 0.222. The predicted octanol–water partition coefficient (Wildman–Crippen LogP) is 3.01. The Labute approximate surface area is 122 Å². The van der Waals surface area contributed by atoms with Crippen molar-refractivity contribution in [3.05, 3.63) is 30.1 Å². The first-order valence-electron chi connectivity index (χ1n) is 6.31. The van der Waals surface area contributed by atoms with E-state index in [1.807, 2.05) is 0 Å². The molecule has 0 bridgehead atoms. The molecule has 19 heavy (non-hydrogen) atoms. The highest BCUT2D eigenvalue weighted by atomic mass is 79.9. The van der Waals surface area contributed by atoms with Gasteiger partial charge in [-0.2, -0.15) is 4.31 Å². The summed E-state index contributed by atoms with van der Waals surface area (Å²) < 4.78 is 39.7. The number of alkyl halides is 1. The summed E-state index contributed by atoms with van der Waals surface area (Å²) in [6, 6.07) is 5.54. The molecule has 0 saturated carbocycles. The van der Waals surface area contributed by atoms with E-state index >= 15 is 0 Å². The lowest BCUT2D eigenvalue weighted by molar-refractivity contribution is 0.274. The zero-order valence-electron chi connectivity index (χ0n) is 10.7. The van der Waals surface area contributed by atoms with Crippen LogP contribution in [0.25, 0.3) is 0 Å². The molecular formula is C13H17BrFNO2S. The van der Waals surface area contributed by atoms with Gasteiger partial charge in [-0.1, -0.05) is 35.0 Å². The van der Waals surface area contributed by atoms with Gasteiger partial charge in [-0.05, 0) is 30.9 Å². The fourth-order valence-electron chi connectivity index (χ4n) is 2.37. The first-order chi connectivity index (χ1) is 8.93. The second kappa shape index (κ2) is 5.89. The molecule has 6 heteroatoms. The highest BCUT2D eigenvalue weighted by Crippen LogP contribution is 2.28. The summed E-state index contributed by atoms with van der Waals surface area (Å²) in [5.41, 5.74) is 0. The molecule has 0 spiro atoms. The van der Waals surface area contributed by atoms with E-state index in [9.17, 15) is 12.8 Å². The third kappa shape index (κ3) is 3.17. The summed E-state index contributed by atoms with van der Waals surface area (Å²) in [4.78, 5) is 0.158. The van der Waals surface area contributed by atoms with Crippen molar-refractivity contribution < 1.29 is 12.8 Å². The van der Waals surface area contributed by atoms with Gasteiger partial charge in [0.15, 0.2) is 0 Å². The molecule has 1 fully saturated rings. The van der Waals surface area contributed by atoms with Crippen LogP contribution in [-0.2, 0) is 10.0 Å². The van der Waals surface area contributed by atoms with Crippen LogP contribution in [0.4, 0.5) is 4.39 Å². The maximum absolute atomic E-state index is 13.6. The van der Waals surface area contributed by atoms with Crippen LogP contribution in [-0.4, -0.2) is 30.6 Å². The molecule has 3 nitrogen and oxygen atoms in total. The number of piperidine rings is 1. The Bertz CT molecular complexity index is 539. The Morgan fingerprint density at radius 2 is 1.89 bits per heavy atom. The highest BCUT2D eigenvalue weighted by Gasteiger charge is 2.32. The summed E-state index contributed by atoms with van der Waals surface area (Å²) in [7, 11) is -3.70. The van der Waals surface area contributed by atoms with Crippen molar-refractivity contribution in [3.63, 3.8) is 0 Å². The van der Waals surface area contributed by atoms with E-state index in [4.69, 9.17) is 0 Å². The minimum Gasteiger partial charge on any atom is -0.207 e. The number of rotatable bonds is 3. The molecule has 1 aliphatic heterocycles. The van der Waals surface area contributed by atoms with Crippen LogP contribution in [0.1, 0.15) is 19.8 Å². The summed E-state index contributed by atoms with van der Waals surface area (Å²) >= 11 is 3.53. The van der Waals surface area contributed by atoms with E-state index in [1.54, 1.807) is 6.07 Å². The normalized spacial score (nSPS) is 20.4. The summed E-state index contributed by atoms with van der Waals surface area (Å²) in [5.74, 6) is -0.203. The number of hydrogen-bond donors (Lipinski definition) is 0. The molecule has 0 aromatic heterocycles. The van der Waals surface area contributed by atoms with Gasteiger partial charge in [-0.3, -0.25) is 0 Å². The van der Waals surface area contributed by atoms with E-state index < -0.39 is 15.8 Å².